The average Bonchev–Trinajstić information content (AvgIpc) is 2.49. The van der Waals surface area contributed by atoms with E-state index in [4.69, 9.17) is 4.99 Å². The zero-order valence-corrected chi connectivity index (χ0v) is 12.8. The maximum absolute atomic E-state index is 4.79. The van der Waals surface area contributed by atoms with Gasteiger partial charge in [0, 0.05) is 12.1 Å². The minimum Gasteiger partial charge on any atom is -0.326 e. The lowest BCUT2D eigenvalue weighted by molar-refractivity contribution is 0.744. The van der Waals surface area contributed by atoms with Gasteiger partial charge in [-0.05, 0) is 62.6 Å². The molecular weight excluding hydrogens is 256 g/mol. The average molecular weight is 276 g/mol. The molecule has 0 spiro atoms. The van der Waals surface area contributed by atoms with Gasteiger partial charge in [-0.15, -0.1) is 0 Å². The molecule has 2 heteroatoms. The van der Waals surface area contributed by atoms with E-state index in [0.717, 1.165) is 17.7 Å². The number of nitrogens with zero attached hydrogens (tertiary/aromatic N) is 2. The second-order valence-corrected chi connectivity index (χ2v) is 5.45. The molecule has 3 rings (SSSR count). The van der Waals surface area contributed by atoms with Gasteiger partial charge in [0.2, 0.25) is 0 Å². The van der Waals surface area contributed by atoms with Gasteiger partial charge in [0.25, 0.3) is 0 Å². The number of hydrogen-bond donors (Lipinski definition) is 0. The molecule has 0 saturated heterocycles. The van der Waals surface area contributed by atoms with Gasteiger partial charge in [0.15, 0.2) is 0 Å². The van der Waals surface area contributed by atoms with E-state index < -0.39 is 0 Å². The van der Waals surface area contributed by atoms with E-state index in [2.05, 4.69) is 79.9 Å². The normalized spacial score (nSPS) is 12.0. The predicted octanol–water partition coefficient (Wildman–Crippen LogP) is 4.51. The van der Waals surface area contributed by atoms with Crippen molar-refractivity contribution in [2.24, 2.45) is 4.99 Å². The summed E-state index contributed by atoms with van der Waals surface area (Å²) in [6, 6.07) is 19.1. The fourth-order valence-corrected chi connectivity index (χ4v) is 2.61. The maximum atomic E-state index is 4.79. The minimum atomic E-state index is 0.908. The Morgan fingerprint density at radius 3 is 2.29 bits per heavy atom. The molecule has 0 fully saturated rings. The highest BCUT2D eigenvalue weighted by atomic mass is 15.0. The van der Waals surface area contributed by atoms with Crippen LogP contribution >= 0.6 is 0 Å². The summed E-state index contributed by atoms with van der Waals surface area (Å²) in [7, 11) is 0. The molecule has 0 bridgehead atoms. The molecule has 2 nitrogen and oxygen atoms in total. The van der Waals surface area contributed by atoms with Crippen LogP contribution < -0.4 is 5.49 Å². The van der Waals surface area contributed by atoms with Gasteiger partial charge < -0.3 is 4.57 Å². The van der Waals surface area contributed by atoms with Crippen LogP contribution in [-0.2, 0) is 6.54 Å². The molecule has 0 unspecified atom stereocenters. The molecule has 2 aromatic carbocycles. The van der Waals surface area contributed by atoms with Crippen molar-refractivity contribution < 1.29 is 0 Å². The van der Waals surface area contributed by atoms with Gasteiger partial charge in [-0.2, -0.15) is 0 Å². The Hall–Kier alpha value is -2.35. The summed E-state index contributed by atoms with van der Waals surface area (Å²) in [6.45, 7) is 7.28. The van der Waals surface area contributed by atoms with Gasteiger partial charge in [-0.25, -0.2) is 4.99 Å². The standard InChI is InChI=1S/C19H20N2/c1-4-21-18-11-7-15(3)13-16(18)8-12-19(21)20-17-9-5-14(2)6-10-17/h5-13H,4H2,1-3H3. The van der Waals surface area contributed by atoms with Crippen molar-refractivity contribution in [3.63, 3.8) is 0 Å². The number of aromatic nitrogens is 1. The van der Waals surface area contributed by atoms with E-state index >= 15 is 0 Å². The highest BCUT2D eigenvalue weighted by Gasteiger charge is 2.00. The van der Waals surface area contributed by atoms with Crippen molar-refractivity contribution in [1.82, 2.24) is 4.57 Å². The van der Waals surface area contributed by atoms with Crippen LogP contribution in [0.25, 0.3) is 10.9 Å². The molecular formula is C19H20N2. The molecule has 0 amide bonds. The molecule has 0 radical (unpaired) electrons. The van der Waals surface area contributed by atoms with Crippen LogP contribution in [0.5, 0.6) is 0 Å². The number of benzene rings is 2. The van der Waals surface area contributed by atoms with Gasteiger partial charge in [0.1, 0.15) is 5.49 Å². The SMILES string of the molecule is CCn1c(=Nc2ccc(C)cc2)ccc2cc(C)ccc21. The van der Waals surface area contributed by atoms with Gasteiger partial charge in [-0.1, -0.05) is 29.3 Å². The summed E-state index contributed by atoms with van der Waals surface area (Å²) in [4.78, 5) is 4.79. The first kappa shape index (κ1) is 13.6. The van der Waals surface area contributed by atoms with Gasteiger partial charge >= 0.3 is 0 Å². The Morgan fingerprint density at radius 2 is 1.57 bits per heavy atom. The summed E-state index contributed by atoms with van der Waals surface area (Å²) in [5.41, 5.74) is 5.77. The number of hydrogen-bond acceptors (Lipinski definition) is 1. The molecule has 0 aliphatic rings. The molecule has 0 saturated carbocycles. The largest absolute Gasteiger partial charge is 0.326 e. The lowest BCUT2D eigenvalue weighted by Gasteiger charge is -2.10. The van der Waals surface area contributed by atoms with Crippen LogP contribution in [0.4, 0.5) is 5.69 Å². The van der Waals surface area contributed by atoms with E-state index in [1.807, 2.05) is 0 Å². The number of rotatable bonds is 2. The Bertz CT molecular complexity index is 840. The number of pyridine rings is 1. The zero-order valence-electron chi connectivity index (χ0n) is 12.8. The van der Waals surface area contributed by atoms with Crippen molar-refractivity contribution in [2.75, 3.05) is 0 Å². The molecule has 1 heterocycles. The third-order valence-corrected chi connectivity index (χ3v) is 3.76. The van der Waals surface area contributed by atoms with Crippen LogP contribution in [-0.4, -0.2) is 4.57 Å². The molecule has 0 atom stereocenters. The van der Waals surface area contributed by atoms with Crippen molar-refractivity contribution in [3.05, 3.63) is 71.2 Å². The summed E-state index contributed by atoms with van der Waals surface area (Å²) in [5.74, 6) is 0. The fraction of sp³-hybridized carbons (Fsp3) is 0.211. The summed E-state index contributed by atoms with van der Waals surface area (Å²) < 4.78 is 2.26. The van der Waals surface area contributed by atoms with Crippen LogP contribution in [0.15, 0.2) is 59.6 Å². The van der Waals surface area contributed by atoms with Crippen LogP contribution in [0.3, 0.4) is 0 Å². The summed E-state index contributed by atoms with van der Waals surface area (Å²) >= 11 is 0. The Balaban J connectivity index is 2.22. The van der Waals surface area contributed by atoms with Crippen molar-refractivity contribution >= 4 is 16.6 Å². The van der Waals surface area contributed by atoms with E-state index in [0.29, 0.717) is 0 Å². The van der Waals surface area contributed by atoms with Crippen molar-refractivity contribution in [1.29, 1.82) is 0 Å². The summed E-state index contributed by atoms with van der Waals surface area (Å²) in [5, 5.41) is 1.26. The Morgan fingerprint density at radius 1 is 0.857 bits per heavy atom. The lowest BCUT2D eigenvalue weighted by atomic mass is 10.1. The topological polar surface area (TPSA) is 17.3 Å². The lowest BCUT2D eigenvalue weighted by Crippen LogP contribution is -2.19. The first-order valence-corrected chi connectivity index (χ1v) is 7.39. The first-order valence-electron chi connectivity index (χ1n) is 7.39. The smallest absolute Gasteiger partial charge is 0.133 e. The Labute approximate surface area is 125 Å². The third-order valence-electron chi connectivity index (χ3n) is 3.76. The molecule has 21 heavy (non-hydrogen) atoms. The second kappa shape index (κ2) is 5.57. The van der Waals surface area contributed by atoms with E-state index in [-0.39, 0.29) is 0 Å². The monoisotopic (exact) mass is 276 g/mol. The maximum Gasteiger partial charge on any atom is 0.133 e. The number of fused-ring (bicyclic) bond motifs is 1. The molecule has 0 aliphatic carbocycles. The number of aryl methyl sites for hydroxylation is 3. The van der Waals surface area contributed by atoms with Crippen molar-refractivity contribution in [2.45, 2.75) is 27.3 Å². The molecule has 1 aromatic heterocycles. The first-order chi connectivity index (χ1) is 10.2. The molecule has 0 N–H and O–H groups in total. The van der Waals surface area contributed by atoms with Crippen molar-refractivity contribution in [3.8, 4) is 0 Å². The molecule has 106 valence electrons. The molecule has 0 aliphatic heterocycles. The zero-order chi connectivity index (χ0) is 14.8. The van der Waals surface area contributed by atoms with E-state index in [1.54, 1.807) is 0 Å². The summed E-state index contributed by atoms with van der Waals surface area (Å²) in [6.07, 6.45) is 0. The van der Waals surface area contributed by atoms with Crippen LogP contribution in [0.2, 0.25) is 0 Å². The van der Waals surface area contributed by atoms with E-state index in [1.165, 1.54) is 22.0 Å². The molecule has 3 aromatic rings. The van der Waals surface area contributed by atoms with Crippen LogP contribution in [0.1, 0.15) is 18.1 Å². The van der Waals surface area contributed by atoms with Gasteiger partial charge in [0.05, 0.1) is 5.69 Å². The Kier molecular flexibility index (Phi) is 3.61. The third kappa shape index (κ3) is 2.75. The fourth-order valence-electron chi connectivity index (χ4n) is 2.61. The van der Waals surface area contributed by atoms with Gasteiger partial charge in [-0.3, -0.25) is 0 Å². The second-order valence-electron chi connectivity index (χ2n) is 5.45. The predicted molar refractivity (Wildman–Crippen MR) is 88.8 cm³/mol. The minimum absolute atomic E-state index is 0.908. The van der Waals surface area contributed by atoms with E-state index in [9.17, 15) is 0 Å². The highest BCUT2D eigenvalue weighted by Crippen LogP contribution is 2.15. The quantitative estimate of drug-likeness (QED) is 0.655. The highest BCUT2D eigenvalue weighted by molar-refractivity contribution is 5.79. The van der Waals surface area contributed by atoms with Crippen LogP contribution in [0, 0.1) is 13.8 Å².